The van der Waals surface area contributed by atoms with E-state index in [1.807, 2.05) is 0 Å². The number of aliphatic hydroxyl groups excluding tert-OH is 1. The van der Waals surface area contributed by atoms with E-state index in [0.29, 0.717) is 24.7 Å². The smallest absolute Gasteiger partial charge is 0.0900 e. The quantitative estimate of drug-likeness (QED) is 0.842. The normalized spacial score (nSPS) is 40.6. The molecule has 1 saturated heterocycles. The van der Waals surface area contributed by atoms with E-state index < -0.39 is 0 Å². The first-order valence-corrected chi connectivity index (χ1v) is 8.53. The summed E-state index contributed by atoms with van der Waals surface area (Å²) in [5.74, 6) is 0.795. The van der Waals surface area contributed by atoms with Gasteiger partial charge in [-0.25, -0.2) is 0 Å². The van der Waals surface area contributed by atoms with Crippen LogP contribution in [0.5, 0.6) is 0 Å². The Morgan fingerprint density at radius 1 is 1.29 bits per heavy atom. The summed E-state index contributed by atoms with van der Waals surface area (Å²) >= 11 is 0. The predicted molar refractivity (Wildman–Crippen MR) is 82.2 cm³/mol. The Kier molecular flexibility index (Phi) is 4.34. The zero-order valence-electron chi connectivity index (χ0n) is 13.8. The summed E-state index contributed by atoms with van der Waals surface area (Å²) in [6, 6.07) is 0. The van der Waals surface area contributed by atoms with Crippen molar-refractivity contribution in [1.29, 1.82) is 0 Å². The van der Waals surface area contributed by atoms with Gasteiger partial charge in [-0.3, -0.25) is 4.90 Å². The molecule has 0 aromatic heterocycles. The van der Waals surface area contributed by atoms with Gasteiger partial charge in [0.25, 0.3) is 0 Å². The lowest BCUT2D eigenvalue weighted by molar-refractivity contribution is -0.0831. The highest BCUT2D eigenvalue weighted by atomic mass is 16.5. The molecule has 2 bridgehead atoms. The third-order valence-corrected chi connectivity index (χ3v) is 6.78. The highest BCUT2D eigenvalue weighted by Gasteiger charge is 2.61. The number of ether oxygens (including phenoxy) is 2. The highest BCUT2D eigenvalue weighted by molar-refractivity contribution is 5.11. The van der Waals surface area contributed by atoms with Crippen molar-refractivity contribution in [3.63, 3.8) is 0 Å². The van der Waals surface area contributed by atoms with Crippen molar-refractivity contribution in [2.24, 2.45) is 16.7 Å². The standard InChI is InChI=1S/C17H31NO3/c1-16(2)13-4-5-17(16,3)15(10-13)21-12-14(19)11-18-6-8-20-9-7-18/h13-15,19H,4-12H2,1-3H3/t13-,14-,15-,17-/m1/s1. The Hall–Kier alpha value is -0.160. The fourth-order valence-electron chi connectivity index (χ4n) is 4.74. The minimum atomic E-state index is -0.381. The lowest BCUT2D eigenvalue weighted by atomic mass is 9.70. The number of morpholine rings is 1. The molecule has 0 spiro atoms. The average molecular weight is 297 g/mol. The maximum atomic E-state index is 10.2. The van der Waals surface area contributed by atoms with Crippen molar-refractivity contribution in [3.05, 3.63) is 0 Å². The van der Waals surface area contributed by atoms with E-state index in [2.05, 4.69) is 25.7 Å². The first-order valence-electron chi connectivity index (χ1n) is 8.53. The van der Waals surface area contributed by atoms with Crippen molar-refractivity contribution < 1.29 is 14.6 Å². The molecule has 0 aromatic rings. The number of nitrogens with zero attached hydrogens (tertiary/aromatic N) is 1. The maximum Gasteiger partial charge on any atom is 0.0900 e. The lowest BCUT2D eigenvalue weighted by Crippen LogP contribution is -2.43. The molecule has 3 fully saturated rings. The molecule has 2 saturated carbocycles. The van der Waals surface area contributed by atoms with E-state index in [9.17, 15) is 5.11 Å². The van der Waals surface area contributed by atoms with Crippen LogP contribution < -0.4 is 0 Å². The number of fused-ring (bicyclic) bond motifs is 2. The van der Waals surface area contributed by atoms with Gasteiger partial charge in [-0.2, -0.15) is 0 Å². The fourth-order valence-corrected chi connectivity index (χ4v) is 4.74. The SMILES string of the molecule is CC1(C)[C@@H]2CC[C@]1(C)[C@H](OC[C@H](O)CN1CCOCC1)C2. The molecular formula is C17H31NO3. The van der Waals surface area contributed by atoms with Gasteiger partial charge in [-0.05, 0) is 36.0 Å². The molecule has 4 heteroatoms. The van der Waals surface area contributed by atoms with Crippen LogP contribution in [0.1, 0.15) is 40.0 Å². The predicted octanol–water partition coefficient (Wildman–Crippen LogP) is 1.91. The highest BCUT2D eigenvalue weighted by Crippen LogP contribution is 2.66. The maximum absolute atomic E-state index is 10.2. The molecule has 0 radical (unpaired) electrons. The molecule has 0 amide bonds. The van der Waals surface area contributed by atoms with E-state index in [0.717, 1.165) is 32.2 Å². The zero-order valence-corrected chi connectivity index (χ0v) is 13.8. The molecule has 3 aliphatic rings. The van der Waals surface area contributed by atoms with Gasteiger partial charge in [0.1, 0.15) is 0 Å². The molecule has 2 aliphatic carbocycles. The number of rotatable bonds is 5. The number of hydrogen-bond acceptors (Lipinski definition) is 4. The van der Waals surface area contributed by atoms with Crippen LogP contribution in [0.4, 0.5) is 0 Å². The van der Waals surface area contributed by atoms with Gasteiger partial charge < -0.3 is 14.6 Å². The topological polar surface area (TPSA) is 41.9 Å². The monoisotopic (exact) mass is 297 g/mol. The average Bonchev–Trinajstić information content (AvgIpc) is 2.79. The van der Waals surface area contributed by atoms with Crippen molar-refractivity contribution >= 4 is 0 Å². The summed E-state index contributed by atoms with van der Waals surface area (Å²) < 4.78 is 11.5. The second-order valence-corrected chi connectivity index (χ2v) is 8.00. The van der Waals surface area contributed by atoms with Crippen LogP contribution in [-0.4, -0.2) is 61.7 Å². The van der Waals surface area contributed by atoms with Crippen LogP contribution in [0, 0.1) is 16.7 Å². The zero-order chi connectivity index (χ0) is 15.1. The summed E-state index contributed by atoms with van der Waals surface area (Å²) in [4.78, 5) is 2.27. The molecule has 0 aromatic carbocycles. The third kappa shape index (κ3) is 2.76. The van der Waals surface area contributed by atoms with E-state index in [1.165, 1.54) is 19.3 Å². The molecule has 122 valence electrons. The Morgan fingerprint density at radius 2 is 2.00 bits per heavy atom. The second kappa shape index (κ2) is 5.80. The summed E-state index contributed by atoms with van der Waals surface area (Å²) in [5, 5.41) is 10.2. The van der Waals surface area contributed by atoms with Crippen LogP contribution in [0.25, 0.3) is 0 Å². The van der Waals surface area contributed by atoms with E-state index >= 15 is 0 Å². The van der Waals surface area contributed by atoms with Gasteiger partial charge in [0, 0.05) is 19.6 Å². The van der Waals surface area contributed by atoms with Crippen LogP contribution in [0.2, 0.25) is 0 Å². The Morgan fingerprint density at radius 3 is 2.57 bits per heavy atom. The van der Waals surface area contributed by atoms with E-state index in [4.69, 9.17) is 9.47 Å². The molecule has 21 heavy (non-hydrogen) atoms. The molecule has 0 unspecified atom stereocenters. The van der Waals surface area contributed by atoms with Crippen LogP contribution in [0.3, 0.4) is 0 Å². The van der Waals surface area contributed by atoms with Crippen molar-refractivity contribution in [2.75, 3.05) is 39.5 Å². The van der Waals surface area contributed by atoms with Crippen LogP contribution in [0.15, 0.2) is 0 Å². The molecule has 4 nitrogen and oxygen atoms in total. The first-order chi connectivity index (χ1) is 9.93. The van der Waals surface area contributed by atoms with Gasteiger partial charge in [-0.1, -0.05) is 20.8 Å². The number of aliphatic hydroxyl groups is 1. The minimum absolute atomic E-state index is 0.288. The third-order valence-electron chi connectivity index (χ3n) is 6.78. The van der Waals surface area contributed by atoms with Crippen LogP contribution >= 0.6 is 0 Å². The lowest BCUT2D eigenvalue weighted by Gasteiger charge is -2.39. The molecule has 4 atom stereocenters. The van der Waals surface area contributed by atoms with Crippen molar-refractivity contribution in [1.82, 2.24) is 4.90 Å². The van der Waals surface area contributed by atoms with E-state index in [-0.39, 0.29) is 11.5 Å². The Bertz CT molecular complexity index is 367. The van der Waals surface area contributed by atoms with Crippen molar-refractivity contribution in [3.8, 4) is 0 Å². The van der Waals surface area contributed by atoms with E-state index in [1.54, 1.807) is 0 Å². The van der Waals surface area contributed by atoms with Crippen LogP contribution in [-0.2, 0) is 9.47 Å². The van der Waals surface area contributed by atoms with Gasteiger partial charge in [0.05, 0.1) is 32.0 Å². The van der Waals surface area contributed by atoms with Gasteiger partial charge in [0.2, 0.25) is 0 Å². The fraction of sp³-hybridized carbons (Fsp3) is 1.00. The molecule has 1 aliphatic heterocycles. The number of hydrogen-bond donors (Lipinski definition) is 1. The second-order valence-electron chi connectivity index (χ2n) is 8.00. The molecule has 1 N–H and O–H groups in total. The summed E-state index contributed by atoms with van der Waals surface area (Å²) in [6.07, 6.45) is 3.74. The number of β-amino-alcohol motifs (C(OH)–C–C–N with tert-alkyl or cyclic N) is 1. The summed E-state index contributed by atoms with van der Waals surface area (Å²) in [7, 11) is 0. The summed E-state index contributed by atoms with van der Waals surface area (Å²) in [5.41, 5.74) is 0.670. The van der Waals surface area contributed by atoms with Gasteiger partial charge in [-0.15, -0.1) is 0 Å². The summed E-state index contributed by atoms with van der Waals surface area (Å²) in [6.45, 7) is 11.8. The molecule has 1 heterocycles. The van der Waals surface area contributed by atoms with Gasteiger partial charge >= 0.3 is 0 Å². The van der Waals surface area contributed by atoms with Gasteiger partial charge in [0.15, 0.2) is 0 Å². The molecular weight excluding hydrogens is 266 g/mol. The largest absolute Gasteiger partial charge is 0.389 e. The Balaban J connectivity index is 1.47. The Labute approximate surface area is 128 Å². The molecule has 3 rings (SSSR count). The first kappa shape index (κ1) is 15.7. The van der Waals surface area contributed by atoms with Crippen molar-refractivity contribution in [2.45, 2.75) is 52.2 Å². The minimum Gasteiger partial charge on any atom is -0.389 e.